The number of aromatic nitrogens is 2. The van der Waals surface area contributed by atoms with E-state index in [0.29, 0.717) is 16.1 Å². The summed E-state index contributed by atoms with van der Waals surface area (Å²) in [4.78, 5) is 4.60. The minimum Gasteiger partial charge on any atom is -0.323 e. The lowest BCUT2D eigenvalue weighted by molar-refractivity contribution is 0.356. The number of para-hydroxylation sites is 1. The molecule has 0 radical (unpaired) electrons. The second kappa shape index (κ2) is 6.29. The smallest absolute Gasteiger partial charge is 0.207 e. The molecule has 0 spiro atoms. The second-order valence-corrected chi connectivity index (χ2v) is 6.44. The third-order valence-electron chi connectivity index (χ3n) is 4.02. The number of benzene rings is 1. The molecular weight excluding hydrogens is 305 g/mol. The molecule has 1 aromatic carbocycles. The van der Waals surface area contributed by atoms with Crippen LogP contribution < -0.4 is 5.32 Å². The molecule has 1 N–H and O–H groups in total. The van der Waals surface area contributed by atoms with E-state index in [-0.39, 0.29) is 0 Å². The molecule has 5 heteroatoms. The molecule has 3 nitrogen and oxygen atoms in total. The summed E-state index contributed by atoms with van der Waals surface area (Å²) in [5.74, 6) is 0.828. The van der Waals surface area contributed by atoms with E-state index >= 15 is 0 Å². The first kappa shape index (κ1) is 14.7. The van der Waals surface area contributed by atoms with Crippen molar-refractivity contribution in [2.24, 2.45) is 0 Å². The molecule has 112 valence electrons. The van der Waals surface area contributed by atoms with Crippen molar-refractivity contribution in [2.45, 2.75) is 45.1 Å². The molecule has 1 heterocycles. The Morgan fingerprint density at radius 1 is 1.14 bits per heavy atom. The Balaban J connectivity index is 1.92. The normalized spacial score (nSPS) is 16.1. The quantitative estimate of drug-likeness (QED) is 0.779. The Labute approximate surface area is 135 Å². The first-order valence-corrected chi connectivity index (χ1v) is 8.17. The topological polar surface area (TPSA) is 29.9 Å². The average Bonchev–Trinajstić information content (AvgIpc) is 2.85. The van der Waals surface area contributed by atoms with Crippen molar-refractivity contribution in [3.8, 4) is 0 Å². The third-order valence-corrected chi connectivity index (χ3v) is 4.65. The maximum atomic E-state index is 6.24. The van der Waals surface area contributed by atoms with E-state index in [1.165, 1.54) is 32.1 Å². The van der Waals surface area contributed by atoms with Gasteiger partial charge < -0.3 is 9.88 Å². The van der Waals surface area contributed by atoms with Gasteiger partial charge in [0.25, 0.3) is 0 Å². The SMILES string of the molecule is Cc1cn(C2CCCCC2)c(Nc2c(Cl)cccc2Cl)n1. The van der Waals surface area contributed by atoms with Gasteiger partial charge in [-0.2, -0.15) is 0 Å². The van der Waals surface area contributed by atoms with Crippen LogP contribution in [0.25, 0.3) is 0 Å². The first-order chi connectivity index (χ1) is 10.1. The number of rotatable bonds is 3. The van der Waals surface area contributed by atoms with Gasteiger partial charge >= 0.3 is 0 Å². The Bertz CT molecular complexity index is 610. The van der Waals surface area contributed by atoms with Gasteiger partial charge in [0.2, 0.25) is 5.95 Å². The number of imidazole rings is 1. The van der Waals surface area contributed by atoms with Gasteiger partial charge in [-0.3, -0.25) is 0 Å². The van der Waals surface area contributed by atoms with Gasteiger partial charge in [-0.15, -0.1) is 0 Å². The molecule has 0 unspecified atom stereocenters. The number of anilines is 2. The summed E-state index contributed by atoms with van der Waals surface area (Å²) in [6, 6.07) is 6.02. The highest BCUT2D eigenvalue weighted by atomic mass is 35.5. The van der Waals surface area contributed by atoms with Gasteiger partial charge in [0.05, 0.1) is 21.4 Å². The standard InChI is InChI=1S/C16H19Cl2N3/c1-11-10-21(12-6-3-2-4-7-12)16(19-11)20-15-13(17)8-5-9-14(15)18/h5,8-10,12H,2-4,6-7H2,1H3,(H,19,20). The highest BCUT2D eigenvalue weighted by Gasteiger charge is 2.19. The summed E-state index contributed by atoms with van der Waals surface area (Å²) < 4.78 is 2.24. The number of hydrogen-bond donors (Lipinski definition) is 1. The molecule has 1 aliphatic rings. The van der Waals surface area contributed by atoms with Crippen molar-refractivity contribution < 1.29 is 0 Å². The van der Waals surface area contributed by atoms with Crippen LogP contribution in [0.2, 0.25) is 10.0 Å². The summed E-state index contributed by atoms with van der Waals surface area (Å²) in [7, 11) is 0. The number of aryl methyl sites for hydroxylation is 1. The molecule has 1 saturated carbocycles. The van der Waals surface area contributed by atoms with Crippen LogP contribution in [0.4, 0.5) is 11.6 Å². The number of halogens is 2. The number of hydrogen-bond acceptors (Lipinski definition) is 2. The van der Waals surface area contributed by atoms with Crippen LogP contribution in [-0.2, 0) is 0 Å². The van der Waals surface area contributed by atoms with E-state index in [2.05, 4.69) is 21.1 Å². The Morgan fingerprint density at radius 3 is 2.48 bits per heavy atom. The molecule has 0 amide bonds. The van der Waals surface area contributed by atoms with E-state index in [1.807, 2.05) is 25.1 Å². The fraction of sp³-hybridized carbons (Fsp3) is 0.438. The van der Waals surface area contributed by atoms with E-state index < -0.39 is 0 Å². The van der Waals surface area contributed by atoms with Crippen molar-refractivity contribution in [3.63, 3.8) is 0 Å². The maximum absolute atomic E-state index is 6.24. The van der Waals surface area contributed by atoms with Crippen LogP contribution in [0.1, 0.15) is 43.8 Å². The Morgan fingerprint density at radius 2 is 1.81 bits per heavy atom. The molecule has 1 aromatic heterocycles. The predicted molar refractivity (Wildman–Crippen MR) is 88.8 cm³/mol. The van der Waals surface area contributed by atoms with Gasteiger partial charge in [-0.25, -0.2) is 4.98 Å². The van der Waals surface area contributed by atoms with Crippen LogP contribution in [0.5, 0.6) is 0 Å². The van der Waals surface area contributed by atoms with E-state index in [0.717, 1.165) is 17.3 Å². The summed E-state index contributed by atoms with van der Waals surface area (Å²) in [6.45, 7) is 2.01. The van der Waals surface area contributed by atoms with Crippen molar-refractivity contribution in [2.75, 3.05) is 5.32 Å². The molecule has 0 bridgehead atoms. The molecule has 3 rings (SSSR count). The molecule has 1 aliphatic carbocycles. The second-order valence-electron chi connectivity index (χ2n) is 5.63. The Kier molecular flexibility index (Phi) is 4.41. The zero-order valence-electron chi connectivity index (χ0n) is 12.1. The number of nitrogens with zero attached hydrogens (tertiary/aromatic N) is 2. The van der Waals surface area contributed by atoms with Crippen molar-refractivity contribution >= 4 is 34.8 Å². The van der Waals surface area contributed by atoms with Crippen LogP contribution in [0.15, 0.2) is 24.4 Å². The first-order valence-electron chi connectivity index (χ1n) is 7.41. The lowest BCUT2D eigenvalue weighted by Crippen LogP contribution is -2.14. The van der Waals surface area contributed by atoms with Gasteiger partial charge in [0.15, 0.2) is 0 Å². The minimum absolute atomic E-state index is 0.517. The van der Waals surface area contributed by atoms with Crippen LogP contribution in [0, 0.1) is 6.92 Å². The third kappa shape index (κ3) is 3.19. The van der Waals surface area contributed by atoms with Gasteiger partial charge in [-0.1, -0.05) is 48.5 Å². The maximum Gasteiger partial charge on any atom is 0.207 e. The van der Waals surface area contributed by atoms with Crippen LogP contribution in [-0.4, -0.2) is 9.55 Å². The van der Waals surface area contributed by atoms with Crippen molar-refractivity contribution in [3.05, 3.63) is 40.1 Å². The van der Waals surface area contributed by atoms with Gasteiger partial charge in [0, 0.05) is 12.2 Å². The molecule has 0 aliphatic heterocycles. The van der Waals surface area contributed by atoms with Crippen LogP contribution >= 0.6 is 23.2 Å². The van der Waals surface area contributed by atoms with Gasteiger partial charge in [0.1, 0.15) is 0 Å². The monoisotopic (exact) mass is 323 g/mol. The van der Waals surface area contributed by atoms with Crippen molar-refractivity contribution in [1.82, 2.24) is 9.55 Å². The summed E-state index contributed by atoms with van der Waals surface area (Å²) in [6.07, 6.45) is 8.44. The molecule has 0 atom stereocenters. The summed E-state index contributed by atoms with van der Waals surface area (Å²) >= 11 is 12.5. The molecule has 0 saturated heterocycles. The zero-order chi connectivity index (χ0) is 14.8. The zero-order valence-corrected chi connectivity index (χ0v) is 13.6. The molecule has 1 fully saturated rings. The molecule has 2 aromatic rings. The number of nitrogens with one attached hydrogen (secondary N) is 1. The van der Waals surface area contributed by atoms with Crippen molar-refractivity contribution in [1.29, 1.82) is 0 Å². The average molecular weight is 324 g/mol. The Hall–Kier alpha value is -1.19. The predicted octanol–water partition coefficient (Wildman–Crippen LogP) is 5.75. The highest BCUT2D eigenvalue weighted by Crippen LogP contribution is 2.35. The molecule has 21 heavy (non-hydrogen) atoms. The summed E-state index contributed by atoms with van der Waals surface area (Å²) in [5, 5.41) is 4.53. The lowest BCUT2D eigenvalue weighted by atomic mass is 9.95. The largest absolute Gasteiger partial charge is 0.323 e. The van der Waals surface area contributed by atoms with E-state index in [9.17, 15) is 0 Å². The lowest BCUT2D eigenvalue weighted by Gasteiger charge is -2.25. The fourth-order valence-electron chi connectivity index (χ4n) is 2.98. The molecular formula is C16H19Cl2N3. The van der Waals surface area contributed by atoms with E-state index in [4.69, 9.17) is 23.2 Å². The van der Waals surface area contributed by atoms with E-state index in [1.54, 1.807) is 0 Å². The highest BCUT2D eigenvalue weighted by molar-refractivity contribution is 6.39. The minimum atomic E-state index is 0.517. The summed E-state index contributed by atoms with van der Waals surface area (Å²) in [5.41, 5.74) is 1.73. The fourth-order valence-corrected chi connectivity index (χ4v) is 3.47. The van der Waals surface area contributed by atoms with Gasteiger partial charge in [-0.05, 0) is 31.9 Å². The van der Waals surface area contributed by atoms with Crippen LogP contribution in [0.3, 0.4) is 0 Å².